The number of carbonyl (C=O) groups is 1. The van der Waals surface area contributed by atoms with Crippen molar-refractivity contribution in [2.45, 2.75) is 33.1 Å². The molecule has 1 amide bonds. The lowest BCUT2D eigenvalue weighted by Gasteiger charge is -2.39. The SMILES string of the molecule is Cc1ccc(OCCC(=O)N2CCCC(CN3CCN(c4ccccn4)CC3)C2)c(C)c1. The van der Waals surface area contributed by atoms with Gasteiger partial charge in [-0.3, -0.25) is 9.69 Å². The van der Waals surface area contributed by atoms with Gasteiger partial charge in [0.1, 0.15) is 11.6 Å². The fourth-order valence-corrected chi connectivity index (χ4v) is 4.87. The minimum Gasteiger partial charge on any atom is -0.493 e. The van der Waals surface area contributed by atoms with Gasteiger partial charge in [-0.15, -0.1) is 0 Å². The number of piperazine rings is 1. The Balaban J connectivity index is 1.19. The summed E-state index contributed by atoms with van der Waals surface area (Å²) in [6.45, 7) is 11.6. The Bertz CT molecular complexity index is 881. The Morgan fingerprint density at radius 2 is 1.94 bits per heavy atom. The maximum Gasteiger partial charge on any atom is 0.226 e. The van der Waals surface area contributed by atoms with E-state index in [9.17, 15) is 4.79 Å². The largest absolute Gasteiger partial charge is 0.493 e. The molecule has 32 heavy (non-hydrogen) atoms. The van der Waals surface area contributed by atoms with Gasteiger partial charge < -0.3 is 14.5 Å². The number of ether oxygens (including phenoxy) is 1. The summed E-state index contributed by atoms with van der Waals surface area (Å²) in [5, 5.41) is 0. The molecule has 0 aliphatic carbocycles. The van der Waals surface area contributed by atoms with Gasteiger partial charge in [0.05, 0.1) is 13.0 Å². The second-order valence-corrected chi connectivity index (χ2v) is 9.19. The zero-order valence-electron chi connectivity index (χ0n) is 19.5. The van der Waals surface area contributed by atoms with Gasteiger partial charge in [-0.2, -0.15) is 0 Å². The van der Waals surface area contributed by atoms with Crippen LogP contribution < -0.4 is 9.64 Å². The Morgan fingerprint density at radius 1 is 1.09 bits per heavy atom. The molecule has 6 nitrogen and oxygen atoms in total. The molecule has 0 spiro atoms. The van der Waals surface area contributed by atoms with Crippen LogP contribution in [0.3, 0.4) is 0 Å². The van der Waals surface area contributed by atoms with Crippen molar-refractivity contribution < 1.29 is 9.53 Å². The minimum absolute atomic E-state index is 0.222. The summed E-state index contributed by atoms with van der Waals surface area (Å²) < 4.78 is 5.88. The van der Waals surface area contributed by atoms with E-state index >= 15 is 0 Å². The van der Waals surface area contributed by atoms with Crippen LogP contribution in [-0.4, -0.2) is 73.1 Å². The van der Waals surface area contributed by atoms with Crippen LogP contribution in [0.15, 0.2) is 42.6 Å². The second-order valence-electron chi connectivity index (χ2n) is 9.19. The molecule has 1 aromatic heterocycles. The van der Waals surface area contributed by atoms with Crippen LogP contribution >= 0.6 is 0 Å². The Hall–Kier alpha value is -2.60. The third kappa shape index (κ3) is 6.00. The fourth-order valence-electron chi connectivity index (χ4n) is 4.87. The molecule has 0 bridgehead atoms. The van der Waals surface area contributed by atoms with Crippen LogP contribution in [0, 0.1) is 19.8 Å². The first-order chi connectivity index (χ1) is 15.6. The summed E-state index contributed by atoms with van der Waals surface area (Å²) in [5.41, 5.74) is 2.35. The minimum atomic E-state index is 0.222. The monoisotopic (exact) mass is 436 g/mol. The summed E-state index contributed by atoms with van der Waals surface area (Å²) >= 11 is 0. The van der Waals surface area contributed by atoms with Gasteiger partial charge in [0.25, 0.3) is 0 Å². The molecule has 1 unspecified atom stereocenters. The number of anilines is 1. The first-order valence-corrected chi connectivity index (χ1v) is 11.9. The second kappa shape index (κ2) is 10.8. The predicted octanol–water partition coefficient (Wildman–Crippen LogP) is 3.53. The molecule has 4 rings (SSSR count). The van der Waals surface area contributed by atoms with Gasteiger partial charge in [-0.25, -0.2) is 4.98 Å². The zero-order valence-corrected chi connectivity index (χ0v) is 19.5. The van der Waals surface area contributed by atoms with E-state index in [-0.39, 0.29) is 5.91 Å². The molecule has 0 N–H and O–H groups in total. The average Bonchev–Trinajstić information content (AvgIpc) is 2.82. The number of aryl methyl sites for hydroxylation is 2. The zero-order chi connectivity index (χ0) is 22.3. The number of piperidine rings is 1. The summed E-state index contributed by atoms with van der Waals surface area (Å²) in [7, 11) is 0. The van der Waals surface area contributed by atoms with Gasteiger partial charge in [0.15, 0.2) is 0 Å². The van der Waals surface area contributed by atoms with Crippen molar-refractivity contribution in [2.24, 2.45) is 5.92 Å². The van der Waals surface area contributed by atoms with E-state index in [1.54, 1.807) is 0 Å². The fraction of sp³-hybridized carbons (Fsp3) is 0.538. The molecule has 172 valence electrons. The lowest BCUT2D eigenvalue weighted by molar-refractivity contribution is -0.133. The van der Waals surface area contributed by atoms with Crippen molar-refractivity contribution in [3.8, 4) is 5.75 Å². The lowest BCUT2D eigenvalue weighted by atomic mass is 9.97. The summed E-state index contributed by atoms with van der Waals surface area (Å²) in [6.07, 6.45) is 4.62. The Labute approximate surface area is 192 Å². The highest BCUT2D eigenvalue weighted by Gasteiger charge is 2.26. The highest BCUT2D eigenvalue weighted by atomic mass is 16.5. The molecule has 3 heterocycles. The van der Waals surface area contributed by atoms with E-state index in [1.807, 2.05) is 18.3 Å². The normalized spacial score (nSPS) is 19.8. The number of nitrogens with zero attached hydrogens (tertiary/aromatic N) is 4. The van der Waals surface area contributed by atoms with Crippen molar-refractivity contribution >= 4 is 11.7 Å². The number of benzene rings is 1. The standard InChI is InChI=1S/C26H36N4O2/c1-21-8-9-24(22(2)18-21)32-17-10-26(31)30-12-5-6-23(20-30)19-28-13-15-29(16-14-28)25-7-3-4-11-27-25/h3-4,7-9,11,18,23H,5-6,10,12-17,19-20H2,1-2H3. The molecule has 6 heteroatoms. The highest BCUT2D eigenvalue weighted by molar-refractivity contribution is 5.76. The maximum atomic E-state index is 12.8. The van der Waals surface area contributed by atoms with Crippen molar-refractivity contribution in [1.29, 1.82) is 0 Å². The topological polar surface area (TPSA) is 48.9 Å². The number of pyridine rings is 1. The Morgan fingerprint density at radius 3 is 2.69 bits per heavy atom. The molecule has 2 fully saturated rings. The number of carbonyl (C=O) groups excluding carboxylic acids is 1. The van der Waals surface area contributed by atoms with Crippen LogP contribution in [-0.2, 0) is 4.79 Å². The molecule has 1 aromatic carbocycles. The molecule has 2 saturated heterocycles. The molecular weight excluding hydrogens is 400 g/mol. The third-order valence-electron chi connectivity index (χ3n) is 6.64. The lowest BCUT2D eigenvalue weighted by Crippen LogP contribution is -2.50. The van der Waals surface area contributed by atoms with Gasteiger partial charge >= 0.3 is 0 Å². The predicted molar refractivity (Wildman–Crippen MR) is 128 cm³/mol. The molecule has 2 aliphatic heterocycles. The van der Waals surface area contributed by atoms with Crippen LogP contribution in [0.1, 0.15) is 30.4 Å². The molecule has 0 radical (unpaired) electrons. The number of rotatable bonds is 7. The molecule has 0 saturated carbocycles. The van der Waals surface area contributed by atoms with E-state index in [1.165, 1.54) is 12.0 Å². The third-order valence-corrected chi connectivity index (χ3v) is 6.64. The molecule has 2 aliphatic rings. The molecule has 2 aromatic rings. The van der Waals surface area contributed by atoms with E-state index in [0.29, 0.717) is 18.9 Å². The van der Waals surface area contributed by atoms with Gasteiger partial charge in [-0.1, -0.05) is 23.8 Å². The Kier molecular flexibility index (Phi) is 7.63. The molecular formula is C26H36N4O2. The van der Waals surface area contributed by atoms with Crippen LogP contribution in [0.25, 0.3) is 0 Å². The van der Waals surface area contributed by atoms with Crippen molar-refractivity contribution in [2.75, 3.05) is 57.3 Å². The smallest absolute Gasteiger partial charge is 0.226 e. The summed E-state index contributed by atoms with van der Waals surface area (Å²) in [5.74, 6) is 2.74. The van der Waals surface area contributed by atoms with E-state index in [4.69, 9.17) is 4.74 Å². The number of amides is 1. The van der Waals surface area contributed by atoms with Gasteiger partial charge in [0.2, 0.25) is 5.91 Å². The first-order valence-electron chi connectivity index (χ1n) is 11.9. The van der Waals surface area contributed by atoms with Crippen LogP contribution in [0.2, 0.25) is 0 Å². The van der Waals surface area contributed by atoms with Crippen LogP contribution in [0.5, 0.6) is 5.75 Å². The highest BCUT2D eigenvalue weighted by Crippen LogP contribution is 2.21. The van der Waals surface area contributed by atoms with E-state index in [0.717, 1.165) is 69.4 Å². The van der Waals surface area contributed by atoms with Crippen molar-refractivity contribution in [3.05, 3.63) is 53.7 Å². The van der Waals surface area contributed by atoms with Gasteiger partial charge in [0, 0.05) is 52.0 Å². The van der Waals surface area contributed by atoms with Crippen molar-refractivity contribution in [3.63, 3.8) is 0 Å². The number of likely N-dealkylation sites (tertiary alicyclic amines) is 1. The maximum absolute atomic E-state index is 12.8. The first kappa shape index (κ1) is 22.6. The van der Waals surface area contributed by atoms with E-state index < -0.39 is 0 Å². The summed E-state index contributed by atoms with van der Waals surface area (Å²) in [6, 6.07) is 12.3. The summed E-state index contributed by atoms with van der Waals surface area (Å²) in [4.78, 5) is 24.2. The quantitative estimate of drug-likeness (QED) is 0.665. The number of aromatic nitrogens is 1. The number of hydrogen-bond donors (Lipinski definition) is 0. The van der Waals surface area contributed by atoms with Crippen LogP contribution in [0.4, 0.5) is 5.82 Å². The number of hydrogen-bond acceptors (Lipinski definition) is 5. The van der Waals surface area contributed by atoms with Crippen molar-refractivity contribution in [1.82, 2.24) is 14.8 Å². The average molecular weight is 437 g/mol. The van der Waals surface area contributed by atoms with Gasteiger partial charge in [-0.05, 0) is 56.4 Å². The van der Waals surface area contributed by atoms with E-state index in [2.05, 4.69) is 57.8 Å². The molecule has 1 atom stereocenters.